The molecule has 2 N–H and O–H groups in total. The van der Waals surface area contributed by atoms with Gasteiger partial charge < -0.3 is 15.0 Å². The number of H-pyrrole nitrogens is 1. The Hall–Kier alpha value is -2.56. The summed E-state index contributed by atoms with van der Waals surface area (Å²) in [7, 11) is 0. The Morgan fingerprint density at radius 2 is 1.81 bits per heavy atom. The molecule has 1 amide bonds. The number of hydrogen-bond donors (Lipinski definition) is 2. The maximum atomic E-state index is 12.8. The normalized spacial score (nSPS) is 10.4. The van der Waals surface area contributed by atoms with E-state index in [0.717, 1.165) is 5.69 Å². The minimum atomic E-state index is -1.06. The fourth-order valence-corrected chi connectivity index (χ4v) is 2.47. The molecule has 1 heterocycles. The third kappa shape index (κ3) is 2.67. The monoisotopic (exact) mass is 286 g/mol. The van der Waals surface area contributed by atoms with Gasteiger partial charge in [-0.15, -0.1) is 0 Å². The standard InChI is InChI=1S/C16H18N2O3/c1-4-18(12-8-6-5-7-9-12)15(19)13-10(2)14(16(20)21)17-11(13)3/h5-9,17H,4H2,1-3H3,(H,20,21). The predicted octanol–water partition coefficient (Wildman–Crippen LogP) is 3.00. The third-order valence-electron chi connectivity index (χ3n) is 3.49. The minimum Gasteiger partial charge on any atom is -0.477 e. The Labute approximate surface area is 123 Å². The zero-order valence-electron chi connectivity index (χ0n) is 12.3. The van der Waals surface area contributed by atoms with Gasteiger partial charge in [0.05, 0.1) is 5.56 Å². The molecule has 0 atom stereocenters. The molecule has 0 bridgehead atoms. The van der Waals surface area contributed by atoms with Crippen molar-refractivity contribution in [2.75, 3.05) is 11.4 Å². The first-order valence-corrected chi connectivity index (χ1v) is 6.76. The van der Waals surface area contributed by atoms with Crippen molar-refractivity contribution in [2.45, 2.75) is 20.8 Å². The number of rotatable bonds is 4. The van der Waals surface area contributed by atoms with Gasteiger partial charge in [0.15, 0.2) is 0 Å². The van der Waals surface area contributed by atoms with Gasteiger partial charge in [0.1, 0.15) is 5.69 Å². The SMILES string of the molecule is CCN(C(=O)c1c(C)[nH]c(C(=O)O)c1C)c1ccccc1. The van der Waals surface area contributed by atoms with Crippen LogP contribution in [0.15, 0.2) is 30.3 Å². The lowest BCUT2D eigenvalue weighted by Crippen LogP contribution is -2.31. The van der Waals surface area contributed by atoms with E-state index in [0.29, 0.717) is 23.4 Å². The lowest BCUT2D eigenvalue weighted by Gasteiger charge is -2.21. The van der Waals surface area contributed by atoms with Gasteiger partial charge in [0.25, 0.3) is 5.91 Å². The van der Waals surface area contributed by atoms with Crippen molar-refractivity contribution in [3.8, 4) is 0 Å². The van der Waals surface area contributed by atoms with E-state index >= 15 is 0 Å². The number of aromatic nitrogens is 1. The van der Waals surface area contributed by atoms with Crippen LogP contribution in [-0.2, 0) is 0 Å². The summed E-state index contributed by atoms with van der Waals surface area (Å²) in [5.74, 6) is -1.25. The summed E-state index contributed by atoms with van der Waals surface area (Å²) in [6, 6.07) is 9.33. The summed E-state index contributed by atoms with van der Waals surface area (Å²) in [6.07, 6.45) is 0. The largest absolute Gasteiger partial charge is 0.477 e. The highest BCUT2D eigenvalue weighted by Crippen LogP contribution is 2.23. The van der Waals surface area contributed by atoms with E-state index in [9.17, 15) is 9.59 Å². The zero-order chi connectivity index (χ0) is 15.6. The molecule has 0 aliphatic carbocycles. The van der Waals surface area contributed by atoms with Crippen molar-refractivity contribution in [1.82, 2.24) is 4.98 Å². The molecule has 0 fully saturated rings. The number of nitrogens with one attached hydrogen (secondary N) is 1. The predicted molar refractivity (Wildman–Crippen MR) is 81.0 cm³/mol. The highest BCUT2D eigenvalue weighted by atomic mass is 16.4. The van der Waals surface area contributed by atoms with Gasteiger partial charge in [-0.3, -0.25) is 4.79 Å². The van der Waals surface area contributed by atoms with Gasteiger partial charge in [0, 0.05) is 17.9 Å². The molecule has 0 spiro atoms. The number of para-hydroxylation sites is 1. The fourth-order valence-electron chi connectivity index (χ4n) is 2.47. The van der Waals surface area contributed by atoms with Crippen molar-refractivity contribution in [3.63, 3.8) is 0 Å². The van der Waals surface area contributed by atoms with Crippen LogP contribution < -0.4 is 4.90 Å². The number of anilines is 1. The number of carboxylic acids is 1. The molecule has 0 aliphatic heterocycles. The molecule has 0 saturated carbocycles. The second-order valence-electron chi connectivity index (χ2n) is 4.82. The molecule has 2 aromatic rings. The highest BCUT2D eigenvalue weighted by Gasteiger charge is 2.25. The average Bonchev–Trinajstić information content (AvgIpc) is 2.76. The van der Waals surface area contributed by atoms with Crippen molar-refractivity contribution in [1.29, 1.82) is 0 Å². The molecule has 0 radical (unpaired) electrons. The first-order chi connectivity index (χ1) is 9.97. The molecule has 0 saturated heterocycles. The molecular formula is C16H18N2O3. The molecule has 1 aromatic carbocycles. The smallest absolute Gasteiger partial charge is 0.352 e. The van der Waals surface area contributed by atoms with Gasteiger partial charge in [-0.2, -0.15) is 0 Å². The maximum Gasteiger partial charge on any atom is 0.352 e. The van der Waals surface area contributed by atoms with Crippen LogP contribution in [0.1, 0.15) is 39.0 Å². The van der Waals surface area contributed by atoms with E-state index in [1.807, 2.05) is 37.3 Å². The lowest BCUT2D eigenvalue weighted by molar-refractivity contribution is 0.0690. The van der Waals surface area contributed by atoms with Gasteiger partial charge >= 0.3 is 5.97 Å². The topological polar surface area (TPSA) is 73.4 Å². The Kier molecular flexibility index (Phi) is 4.12. The van der Waals surface area contributed by atoms with E-state index in [1.54, 1.807) is 18.7 Å². The molecule has 2 rings (SSSR count). The zero-order valence-corrected chi connectivity index (χ0v) is 12.3. The number of carbonyl (C=O) groups is 2. The molecule has 0 aliphatic rings. The third-order valence-corrected chi connectivity index (χ3v) is 3.49. The van der Waals surface area contributed by atoms with Gasteiger partial charge in [-0.05, 0) is 38.5 Å². The van der Waals surface area contributed by atoms with Crippen LogP contribution in [0, 0.1) is 13.8 Å². The first-order valence-electron chi connectivity index (χ1n) is 6.76. The van der Waals surface area contributed by atoms with Crippen LogP contribution in [0.2, 0.25) is 0 Å². The van der Waals surface area contributed by atoms with Crippen molar-refractivity contribution >= 4 is 17.6 Å². The fraction of sp³-hybridized carbons (Fsp3) is 0.250. The maximum absolute atomic E-state index is 12.8. The summed E-state index contributed by atoms with van der Waals surface area (Å²) in [6.45, 7) is 5.76. The number of carboxylic acid groups (broad SMARTS) is 1. The molecule has 110 valence electrons. The van der Waals surface area contributed by atoms with Crippen LogP contribution in [0.4, 0.5) is 5.69 Å². The number of aromatic amines is 1. The number of benzene rings is 1. The van der Waals surface area contributed by atoms with E-state index in [-0.39, 0.29) is 11.6 Å². The summed E-state index contributed by atoms with van der Waals surface area (Å²) in [4.78, 5) is 28.3. The Balaban J connectivity index is 2.46. The van der Waals surface area contributed by atoms with Gasteiger partial charge in [-0.25, -0.2) is 4.79 Å². The number of nitrogens with zero attached hydrogens (tertiary/aromatic N) is 1. The van der Waals surface area contributed by atoms with Crippen LogP contribution in [0.3, 0.4) is 0 Å². The Bertz CT molecular complexity index is 674. The minimum absolute atomic E-state index is 0.0694. The number of carbonyl (C=O) groups excluding carboxylic acids is 1. The van der Waals surface area contributed by atoms with E-state index in [1.165, 1.54) is 0 Å². The second kappa shape index (κ2) is 5.83. The number of aryl methyl sites for hydroxylation is 1. The van der Waals surface area contributed by atoms with Gasteiger partial charge in [-0.1, -0.05) is 18.2 Å². The quantitative estimate of drug-likeness (QED) is 0.907. The Morgan fingerprint density at radius 3 is 2.29 bits per heavy atom. The van der Waals surface area contributed by atoms with Crippen LogP contribution in [0.5, 0.6) is 0 Å². The average molecular weight is 286 g/mol. The lowest BCUT2D eigenvalue weighted by atomic mass is 10.1. The van der Waals surface area contributed by atoms with Crippen molar-refractivity contribution in [3.05, 3.63) is 52.8 Å². The van der Waals surface area contributed by atoms with Crippen molar-refractivity contribution in [2.24, 2.45) is 0 Å². The number of hydrogen-bond acceptors (Lipinski definition) is 2. The second-order valence-corrected chi connectivity index (χ2v) is 4.82. The molecule has 5 heteroatoms. The van der Waals surface area contributed by atoms with E-state index in [2.05, 4.69) is 4.98 Å². The summed E-state index contributed by atoms with van der Waals surface area (Å²) in [5.41, 5.74) is 2.34. The van der Waals surface area contributed by atoms with Crippen molar-refractivity contribution < 1.29 is 14.7 Å². The van der Waals surface area contributed by atoms with Crippen LogP contribution in [0.25, 0.3) is 0 Å². The molecule has 5 nitrogen and oxygen atoms in total. The molecule has 0 unspecified atom stereocenters. The van der Waals surface area contributed by atoms with E-state index in [4.69, 9.17) is 5.11 Å². The summed E-state index contributed by atoms with van der Waals surface area (Å²) < 4.78 is 0. The Morgan fingerprint density at radius 1 is 1.19 bits per heavy atom. The first kappa shape index (κ1) is 14.8. The summed E-state index contributed by atoms with van der Waals surface area (Å²) in [5, 5.41) is 9.14. The van der Waals surface area contributed by atoms with Crippen LogP contribution >= 0.6 is 0 Å². The highest BCUT2D eigenvalue weighted by molar-refractivity contribution is 6.09. The molecule has 1 aromatic heterocycles. The molecular weight excluding hydrogens is 268 g/mol. The van der Waals surface area contributed by atoms with Gasteiger partial charge in [0.2, 0.25) is 0 Å². The molecule has 21 heavy (non-hydrogen) atoms. The van der Waals surface area contributed by atoms with Crippen LogP contribution in [-0.4, -0.2) is 28.5 Å². The number of amides is 1. The summed E-state index contributed by atoms with van der Waals surface area (Å²) >= 11 is 0. The number of aromatic carboxylic acids is 1. The van der Waals surface area contributed by atoms with E-state index < -0.39 is 5.97 Å².